The number of nitrogens with zero attached hydrogens (tertiary/aromatic N) is 4. The Morgan fingerprint density at radius 1 is 1.23 bits per heavy atom. The first-order chi connectivity index (χ1) is 12.1. The molecule has 0 aliphatic carbocycles. The van der Waals surface area contributed by atoms with Gasteiger partial charge >= 0.3 is 0 Å². The van der Waals surface area contributed by atoms with Crippen molar-refractivity contribution < 1.29 is 13.2 Å². The zero-order chi connectivity index (χ0) is 19.1. The van der Waals surface area contributed by atoms with Crippen molar-refractivity contribution in [3.05, 3.63) is 40.1 Å². The minimum Gasteiger partial charge on any atom is -0.334 e. The lowest BCUT2D eigenvalue weighted by Gasteiger charge is -2.45. The number of sulfonamides is 1. The highest BCUT2D eigenvalue weighted by Gasteiger charge is 2.43. The Hall–Kier alpha value is -1.68. The second-order valence-corrected chi connectivity index (χ2v) is 9.22. The van der Waals surface area contributed by atoms with Gasteiger partial charge in [-0.1, -0.05) is 23.2 Å². The minimum atomic E-state index is -3.79. The average molecular weight is 418 g/mol. The Morgan fingerprint density at radius 3 is 2.54 bits per heavy atom. The van der Waals surface area contributed by atoms with Crippen molar-refractivity contribution in [3.8, 4) is 0 Å². The fourth-order valence-corrected chi connectivity index (χ4v) is 5.14. The van der Waals surface area contributed by atoms with E-state index in [0.29, 0.717) is 0 Å². The Kier molecular flexibility index (Phi) is 5.00. The molecule has 2 aromatic rings. The lowest BCUT2D eigenvalue weighted by atomic mass is 10.0. The van der Waals surface area contributed by atoms with Crippen molar-refractivity contribution in [1.29, 1.82) is 0 Å². The summed E-state index contributed by atoms with van der Waals surface area (Å²) in [5.41, 5.74) is -0.621. The maximum Gasteiger partial charge on any atom is 0.276 e. The molecule has 26 heavy (non-hydrogen) atoms. The largest absolute Gasteiger partial charge is 0.334 e. The number of hydrogen-bond donors (Lipinski definition) is 1. The molecule has 1 aromatic carbocycles. The Bertz CT molecular complexity index is 931. The highest BCUT2D eigenvalue weighted by atomic mass is 35.5. The van der Waals surface area contributed by atoms with Crippen LogP contribution in [0, 0.1) is 0 Å². The molecular weight excluding hydrogens is 401 g/mol. The predicted octanol–water partition coefficient (Wildman–Crippen LogP) is 2.04. The maximum atomic E-state index is 13.1. The number of halogens is 2. The zero-order valence-electron chi connectivity index (χ0n) is 14.1. The molecule has 11 heteroatoms. The summed E-state index contributed by atoms with van der Waals surface area (Å²) in [7, 11) is -3.79. The van der Waals surface area contributed by atoms with E-state index in [1.807, 2.05) is 0 Å². The molecule has 0 saturated carbocycles. The highest BCUT2D eigenvalue weighted by Crippen LogP contribution is 2.31. The predicted molar refractivity (Wildman–Crippen MR) is 96.7 cm³/mol. The highest BCUT2D eigenvalue weighted by molar-refractivity contribution is 7.89. The fraction of sp³-hybridized carbons (Fsp3) is 0.400. The first-order valence-electron chi connectivity index (χ1n) is 7.76. The van der Waals surface area contributed by atoms with Gasteiger partial charge in [-0.15, -0.1) is 0 Å². The van der Waals surface area contributed by atoms with Crippen molar-refractivity contribution in [1.82, 2.24) is 24.6 Å². The van der Waals surface area contributed by atoms with E-state index in [9.17, 15) is 13.2 Å². The van der Waals surface area contributed by atoms with Crippen LogP contribution in [-0.2, 0) is 10.0 Å². The van der Waals surface area contributed by atoms with Gasteiger partial charge in [0.15, 0.2) is 5.69 Å². The molecule has 1 saturated heterocycles. The lowest BCUT2D eigenvalue weighted by molar-refractivity contribution is 0.0489. The van der Waals surface area contributed by atoms with Crippen LogP contribution in [0.15, 0.2) is 29.3 Å². The number of hydrogen-bond acceptors (Lipinski definition) is 5. The number of carbonyl (C=O) groups excluding carboxylic acids is 1. The summed E-state index contributed by atoms with van der Waals surface area (Å²) in [5.74, 6) is -0.293. The zero-order valence-corrected chi connectivity index (χ0v) is 16.4. The minimum absolute atomic E-state index is 0.0660. The van der Waals surface area contributed by atoms with Crippen molar-refractivity contribution in [2.24, 2.45) is 0 Å². The van der Waals surface area contributed by atoms with Gasteiger partial charge < -0.3 is 4.90 Å². The van der Waals surface area contributed by atoms with Gasteiger partial charge in [0.1, 0.15) is 0 Å². The van der Waals surface area contributed by atoms with E-state index in [1.54, 1.807) is 18.7 Å². The van der Waals surface area contributed by atoms with Crippen LogP contribution >= 0.6 is 23.2 Å². The Morgan fingerprint density at radius 2 is 1.96 bits per heavy atom. The van der Waals surface area contributed by atoms with Gasteiger partial charge in [-0.2, -0.15) is 19.7 Å². The van der Waals surface area contributed by atoms with Crippen LogP contribution < -0.4 is 0 Å². The molecule has 2 heterocycles. The van der Waals surface area contributed by atoms with Gasteiger partial charge in [0.05, 0.1) is 21.1 Å². The van der Waals surface area contributed by atoms with Gasteiger partial charge in [0.25, 0.3) is 5.91 Å². The molecule has 1 aromatic heterocycles. The van der Waals surface area contributed by atoms with Crippen LogP contribution in [0.5, 0.6) is 0 Å². The summed E-state index contributed by atoms with van der Waals surface area (Å²) in [4.78, 5) is 14.1. The standard InChI is InChI=1S/C15H17Cl2N5O3S/c1-15(2)9-21(14(23)13-8-18-20-19-13)5-6-22(15)26(24,25)10-3-4-11(16)12(17)7-10/h3-4,7-8H,5-6,9H2,1-2H3,(H,18,19,20). The normalized spacial score (nSPS) is 18.1. The van der Waals surface area contributed by atoms with Crippen LogP contribution in [0.25, 0.3) is 0 Å². The molecule has 0 unspecified atom stereocenters. The van der Waals surface area contributed by atoms with Crippen LogP contribution in [0.2, 0.25) is 10.0 Å². The van der Waals surface area contributed by atoms with E-state index in [4.69, 9.17) is 23.2 Å². The van der Waals surface area contributed by atoms with Crippen LogP contribution in [0.1, 0.15) is 24.3 Å². The monoisotopic (exact) mass is 417 g/mol. The topological polar surface area (TPSA) is 99.3 Å². The Balaban J connectivity index is 1.86. The SMILES string of the molecule is CC1(C)CN(C(=O)c2cn[nH]n2)CCN1S(=O)(=O)c1ccc(Cl)c(Cl)c1. The molecule has 1 aliphatic heterocycles. The number of nitrogens with one attached hydrogen (secondary N) is 1. The number of amides is 1. The molecule has 1 N–H and O–H groups in total. The third-order valence-electron chi connectivity index (χ3n) is 4.23. The van der Waals surface area contributed by atoms with Crippen LogP contribution in [-0.4, -0.2) is 64.1 Å². The van der Waals surface area contributed by atoms with Crippen LogP contribution in [0.3, 0.4) is 0 Å². The quantitative estimate of drug-likeness (QED) is 0.823. The van der Waals surface area contributed by atoms with Crippen molar-refractivity contribution in [3.63, 3.8) is 0 Å². The van der Waals surface area contributed by atoms with E-state index in [1.165, 1.54) is 28.7 Å². The van der Waals surface area contributed by atoms with Crippen LogP contribution in [0.4, 0.5) is 0 Å². The molecule has 0 spiro atoms. The van der Waals surface area contributed by atoms with E-state index in [0.717, 1.165) is 0 Å². The third kappa shape index (κ3) is 3.44. The molecule has 3 rings (SSSR count). The average Bonchev–Trinajstić information content (AvgIpc) is 3.09. The molecule has 0 bridgehead atoms. The number of H-pyrrole nitrogens is 1. The lowest BCUT2D eigenvalue weighted by Crippen LogP contribution is -2.61. The summed E-state index contributed by atoms with van der Waals surface area (Å²) in [6, 6.07) is 4.21. The first-order valence-corrected chi connectivity index (χ1v) is 9.95. The van der Waals surface area contributed by atoms with E-state index in [-0.39, 0.29) is 46.2 Å². The number of rotatable bonds is 3. The number of aromatic amines is 1. The molecular formula is C15H17Cl2N5O3S. The molecule has 1 aliphatic rings. The summed E-state index contributed by atoms with van der Waals surface area (Å²) < 4.78 is 27.5. The van der Waals surface area contributed by atoms with E-state index >= 15 is 0 Å². The summed E-state index contributed by atoms with van der Waals surface area (Å²) in [6.45, 7) is 4.16. The number of aromatic nitrogens is 3. The molecule has 1 amide bonds. The van der Waals surface area contributed by atoms with Gasteiger partial charge in [-0.3, -0.25) is 4.79 Å². The second-order valence-electron chi connectivity index (χ2n) is 6.55. The third-order valence-corrected chi connectivity index (χ3v) is 7.07. The number of carbonyl (C=O) groups is 1. The summed E-state index contributed by atoms with van der Waals surface area (Å²) in [6.07, 6.45) is 1.34. The number of piperazine rings is 1. The summed E-state index contributed by atoms with van der Waals surface area (Å²) >= 11 is 11.8. The van der Waals surface area contributed by atoms with Gasteiger partial charge in [-0.05, 0) is 32.0 Å². The van der Waals surface area contributed by atoms with E-state index < -0.39 is 15.6 Å². The molecule has 1 fully saturated rings. The van der Waals surface area contributed by atoms with Gasteiger partial charge in [0, 0.05) is 25.2 Å². The number of benzene rings is 1. The maximum absolute atomic E-state index is 13.1. The molecule has 8 nitrogen and oxygen atoms in total. The second kappa shape index (κ2) is 6.80. The van der Waals surface area contributed by atoms with Gasteiger partial charge in [-0.25, -0.2) is 8.42 Å². The Labute approximate surface area is 161 Å². The van der Waals surface area contributed by atoms with Crippen molar-refractivity contribution in [2.45, 2.75) is 24.3 Å². The summed E-state index contributed by atoms with van der Waals surface area (Å²) in [5, 5.41) is 10.3. The van der Waals surface area contributed by atoms with E-state index in [2.05, 4.69) is 15.4 Å². The fourth-order valence-electron chi connectivity index (χ4n) is 2.99. The molecule has 140 valence electrons. The smallest absolute Gasteiger partial charge is 0.276 e. The first kappa shape index (κ1) is 19.1. The van der Waals surface area contributed by atoms with Gasteiger partial charge in [0.2, 0.25) is 10.0 Å². The van der Waals surface area contributed by atoms with Crippen molar-refractivity contribution >= 4 is 39.1 Å². The molecule has 0 radical (unpaired) electrons. The van der Waals surface area contributed by atoms with Crippen molar-refractivity contribution in [2.75, 3.05) is 19.6 Å². The molecule has 0 atom stereocenters.